The van der Waals surface area contributed by atoms with E-state index in [9.17, 15) is 24.0 Å². The van der Waals surface area contributed by atoms with Gasteiger partial charge < -0.3 is 42.0 Å². The number of carboxylic acids is 2. The number of imidazole rings is 1. The van der Waals surface area contributed by atoms with Crippen LogP contribution in [0.5, 0.6) is 0 Å². The number of aromatic nitrogens is 2. The summed E-state index contributed by atoms with van der Waals surface area (Å²) in [5, 5.41) is 33.4. The number of nitrogens with two attached hydrogens (primary N) is 1. The zero-order valence-corrected chi connectivity index (χ0v) is 16.0. The van der Waals surface area contributed by atoms with Crippen molar-refractivity contribution in [3.05, 3.63) is 18.2 Å². The molecule has 1 aromatic rings. The topological polar surface area (TPSA) is 237 Å². The number of amides is 3. The smallest absolute Gasteiger partial charge is 0.326 e. The monoisotopic (exact) mass is 428 g/mol. The summed E-state index contributed by atoms with van der Waals surface area (Å²) in [6.07, 6.45) is 1.73. The Labute approximate surface area is 170 Å². The minimum Gasteiger partial charge on any atom is -0.481 e. The number of rotatable bonds is 12. The fourth-order valence-electron chi connectivity index (χ4n) is 2.24. The van der Waals surface area contributed by atoms with Crippen LogP contribution >= 0.6 is 0 Å². The molecule has 0 saturated heterocycles. The maximum Gasteiger partial charge on any atom is 0.326 e. The van der Waals surface area contributed by atoms with E-state index in [0.717, 1.165) is 0 Å². The molecule has 0 saturated carbocycles. The summed E-state index contributed by atoms with van der Waals surface area (Å²) in [6.45, 7) is 0.679. The fourth-order valence-corrected chi connectivity index (χ4v) is 2.24. The van der Waals surface area contributed by atoms with Gasteiger partial charge in [0.15, 0.2) is 0 Å². The highest BCUT2D eigenvalue weighted by molar-refractivity contribution is 5.94. The van der Waals surface area contributed by atoms with E-state index in [1.165, 1.54) is 19.4 Å². The molecule has 1 aromatic heterocycles. The van der Waals surface area contributed by atoms with Gasteiger partial charge in [-0.3, -0.25) is 19.2 Å². The standard InChI is InChI=1S/C16H24N6O8/c1-7(20-14(27)9(17)5-23)13(26)21-10(2-8-4-18-6-19-8)15(28)22-11(16(29)30)3-12(24)25/h4,6-7,9-11,23H,2-3,5,17H2,1H3,(H,18,19)(H,20,27)(H,21,26)(H,22,28)(H,24,25)(H,29,30). The lowest BCUT2D eigenvalue weighted by Gasteiger charge is -2.23. The number of carbonyl (C=O) groups excluding carboxylic acids is 3. The van der Waals surface area contributed by atoms with Crippen molar-refractivity contribution in [3.8, 4) is 0 Å². The van der Waals surface area contributed by atoms with E-state index >= 15 is 0 Å². The van der Waals surface area contributed by atoms with E-state index in [1.54, 1.807) is 0 Å². The Morgan fingerprint density at radius 3 is 2.20 bits per heavy atom. The molecule has 1 rings (SSSR count). The molecule has 0 aliphatic rings. The van der Waals surface area contributed by atoms with Crippen LogP contribution in [0.15, 0.2) is 12.5 Å². The minimum absolute atomic E-state index is 0.117. The third-order valence-corrected chi connectivity index (χ3v) is 3.89. The van der Waals surface area contributed by atoms with Crippen molar-refractivity contribution in [1.29, 1.82) is 0 Å². The number of nitrogens with zero attached hydrogens (tertiary/aromatic N) is 1. The second-order valence-electron chi connectivity index (χ2n) is 6.36. The van der Waals surface area contributed by atoms with E-state index in [1.807, 2.05) is 0 Å². The van der Waals surface area contributed by atoms with Crippen LogP contribution in [0.3, 0.4) is 0 Å². The molecule has 3 amide bonds. The Morgan fingerprint density at radius 2 is 1.70 bits per heavy atom. The average Bonchev–Trinajstić information content (AvgIpc) is 3.18. The van der Waals surface area contributed by atoms with Crippen LogP contribution in [-0.2, 0) is 30.4 Å². The summed E-state index contributed by atoms with van der Waals surface area (Å²) in [6, 6.07) is -5.39. The average molecular weight is 428 g/mol. The second-order valence-corrected chi connectivity index (χ2v) is 6.36. The third-order valence-electron chi connectivity index (χ3n) is 3.89. The Hall–Kier alpha value is -3.52. The lowest BCUT2D eigenvalue weighted by atomic mass is 10.1. The molecule has 0 aliphatic carbocycles. The molecular formula is C16H24N6O8. The molecule has 0 aliphatic heterocycles. The zero-order chi connectivity index (χ0) is 22.8. The summed E-state index contributed by atoms with van der Waals surface area (Å²) in [5.41, 5.74) is 5.79. The zero-order valence-electron chi connectivity index (χ0n) is 16.0. The van der Waals surface area contributed by atoms with E-state index in [0.29, 0.717) is 5.69 Å². The molecule has 4 unspecified atom stereocenters. The van der Waals surface area contributed by atoms with Crippen LogP contribution in [0.1, 0.15) is 19.0 Å². The summed E-state index contributed by atoms with van der Waals surface area (Å²) in [7, 11) is 0. The molecule has 0 bridgehead atoms. The van der Waals surface area contributed by atoms with Crippen LogP contribution in [0.4, 0.5) is 0 Å². The molecule has 30 heavy (non-hydrogen) atoms. The summed E-state index contributed by atoms with van der Waals surface area (Å²) in [4.78, 5) is 65.1. The minimum atomic E-state index is -1.71. The van der Waals surface area contributed by atoms with Gasteiger partial charge in [-0.2, -0.15) is 0 Å². The molecule has 166 valence electrons. The number of nitrogens with one attached hydrogen (secondary N) is 4. The van der Waals surface area contributed by atoms with Gasteiger partial charge in [-0.25, -0.2) is 9.78 Å². The number of aliphatic hydroxyl groups excluding tert-OH is 1. The number of H-pyrrole nitrogens is 1. The molecule has 0 spiro atoms. The van der Waals surface area contributed by atoms with Crippen LogP contribution in [-0.4, -0.2) is 85.7 Å². The van der Waals surface area contributed by atoms with E-state index in [-0.39, 0.29) is 6.42 Å². The fraction of sp³-hybridized carbons (Fsp3) is 0.500. The molecular weight excluding hydrogens is 404 g/mol. The van der Waals surface area contributed by atoms with Gasteiger partial charge in [0.25, 0.3) is 0 Å². The number of hydrogen-bond donors (Lipinski definition) is 8. The quantitative estimate of drug-likeness (QED) is 0.162. The number of hydrogen-bond acceptors (Lipinski definition) is 8. The summed E-state index contributed by atoms with van der Waals surface area (Å²) >= 11 is 0. The van der Waals surface area contributed by atoms with Crippen LogP contribution in [0.25, 0.3) is 0 Å². The number of aliphatic hydroxyl groups is 1. The molecule has 14 heteroatoms. The van der Waals surface area contributed by atoms with Crippen molar-refractivity contribution in [2.24, 2.45) is 5.73 Å². The van der Waals surface area contributed by atoms with Crippen LogP contribution in [0.2, 0.25) is 0 Å². The van der Waals surface area contributed by atoms with Crippen molar-refractivity contribution in [3.63, 3.8) is 0 Å². The van der Waals surface area contributed by atoms with Gasteiger partial charge in [-0.15, -0.1) is 0 Å². The van der Waals surface area contributed by atoms with Crippen LogP contribution < -0.4 is 21.7 Å². The van der Waals surface area contributed by atoms with Crippen molar-refractivity contribution in [2.75, 3.05) is 6.61 Å². The van der Waals surface area contributed by atoms with Crippen molar-refractivity contribution < 1.29 is 39.3 Å². The number of carbonyl (C=O) groups is 5. The summed E-state index contributed by atoms with van der Waals surface area (Å²) < 4.78 is 0. The van der Waals surface area contributed by atoms with Crippen LogP contribution in [0, 0.1) is 0 Å². The van der Waals surface area contributed by atoms with E-state index in [4.69, 9.17) is 21.1 Å². The highest BCUT2D eigenvalue weighted by Crippen LogP contribution is 2.02. The second kappa shape index (κ2) is 11.5. The van der Waals surface area contributed by atoms with Gasteiger partial charge in [-0.05, 0) is 6.92 Å². The first kappa shape index (κ1) is 24.5. The lowest BCUT2D eigenvalue weighted by Crippen LogP contribution is -2.57. The van der Waals surface area contributed by atoms with Crippen molar-refractivity contribution in [1.82, 2.24) is 25.9 Å². The molecule has 14 nitrogen and oxygen atoms in total. The highest BCUT2D eigenvalue weighted by Gasteiger charge is 2.30. The normalized spacial score (nSPS) is 14.6. The van der Waals surface area contributed by atoms with Gasteiger partial charge in [0.1, 0.15) is 24.2 Å². The predicted octanol–water partition coefficient (Wildman–Crippen LogP) is -3.69. The third kappa shape index (κ3) is 7.84. The van der Waals surface area contributed by atoms with Gasteiger partial charge >= 0.3 is 11.9 Å². The van der Waals surface area contributed by atoms with Crippen molar-refractivity contribution >= 4 is 29.7 Å². The van der Waals surface area contributed by atoms with Gasteiger partial charge in [0, 0.05) is 18.3 Å². The SMILES string of the molecule is CC(NC(=O)C(N)CO)C(=O)NC(Cc1cnc[nH]1)C(=O)NC(CC(=O)O)C(=O)O. The first-order valence-electron chi connectivity index (χ1n) is 8.74. The molecule has 0 aromatic carbocycles. The van der Waals surface area contributed by atoms with E-state index in [2.05, 4.69) is 25.9 Å². The molecule has 0 radical (unpaired) electrons. The largest absolute Gasteiger partial charge is 0.481 e. The Bertz CT molecular complexity index is 768. The van der Waals surface area contributed by atoms with Gasteiger partial charge in [0.05, 0.1) is 19.4 Å². The maximum atomic E-state index is 12.5. The maximum absolute atomic E-state index is 12.5. The lowest BCUT2D eigenvalue weighted by molar-refractivity contribution is -0.147. The first-order valence-corrected chi connectivity index (χ1v) is 8.74. The predicted molar refractivity (Wildman–Crippen MR) is 98.7 cm³/mol. The molecule has 9 N–H and O–H groups in total. The molecule has 0 fully saturated rings. The summed E-state index contributed by atoms with van der Waals surface area (Å²) in [5.74, 6) is -5.53. The van der Waals surface area contributed by atoms with E-state index < -0.39 is 66.9 Å². The molecule has 4 atom stereocenters. The van der Waals surface area contributed by atoms with Gasteiger partial charge in [0.2, 0.25) is 17.7 Å². The van der Waals surface area contributed by atoms with Crippen molar-refractivity contribution in [2.45, 2.75) is 43.9 Å². The van der Waals surface area contributed by atoms with Gasteiger partial charge in [-0.1, -0.05) is 0 Å². The number of aliphatic carboxylic acids is 2. The highest BCUT2D eigenvalue weighted by atomic mass is 16.4. The first-order chi connectivity index (χ1) is 14.0. The number of aromatic amines is 1. The Morgan fingerprint density at radius 1 is 1.07 bits per heavy atom. The Balaban J connectivity index is 2.90. The number of carboxylic acid groups (broad SMARTS) is 2. The Kier molecular flexibility index (Phi) is 9.38. The molecule has 1 heterocycles.